The molecule has 1 aromatic rings. The molecule has 210 valence electrons. The quantitative estimate of drug-likeness (QED) is 0.179. The summed E-state index contributed by atoms with van der Waals surface area (Å²) >= 11 is 9.95. The van der Waals surface area contributed by atoms with Gasteiger partial charge in [-0.25, -0.2) is 28.1 Å². The van der Waals surface area contributed by atoms with Crippen LogP contribution >= 0.6 is 37.0 Å². The molecule has 2 aliphatic carbocycles. The number of hydrogen-bond acceptors (Lipinski definition) is 8. The first-order valence-corrected chi connectivity index (χ1v) is 16.1. The fourth-order valence-electron chi connectivity index (χ4n) is 6.33. The van der Waals surface area contributed by atoms with Crippen LogP contribution < -0.4 is 17.1 Å². The molecule has 0 aromatic carbocycles. The van der Waals surface area contributed by atoms with Gasteiger partial charge in [-0.2, -0.15) is 37.0 Å². The molecular weight excluding hydrogens is 531 g/mol. The number of rotatable bonds is 16. The maximum absolute atomic E-state index is 12.8. The molecule has 0 N–H and O–H groups in total. The van der Waals surface area contributed by atoms with Crippen molar-refractivity contribution in [2.24, 2.45) is 29.6 Å². The minimum absolute atomic E-state index is 0.143. The average Bonchev–Trinajstić information content (AvgIpc) is 3.44. The van der Waals surface area contributed by atoms with Crippen molar-refractivity contribution in [3.63, 3.8) is 0 Å². The third kappa shape index (κ3) is 7.53. The molecule has 0 radical (unpaired) electrons. The van der Waals surface area contributed by atoms with Crippen LogP contribution in [0.5, 0.6) is 0 Å². The predicted molar refractivity (Wildman–Crippen MR) is 156 cm³/mol. The molecule has 1 heterocycles. The summed E-state index contributed by atoms with van der Waals surface area (Å²) < 4.78 is 9.07. The van der Waals surface area contributed by atoms with E-state index in [0.29, 0.717) is 67.1 Å². The molecule has 2 bridgehead atoms. The van der Waals surface area contributed by atoms with Crippen LogP contribution in [0.25, 0.3) is 0 Å². The lowest BCUT2D eigenvalue weighted by Crippen LogP contribution is -2.54. The van der Waals surface area contributed by atoms with Gasteiger partial charge in [0.15, 0.2) is 0 Å². The highest BCUT2D eigenvalue weighted by atomic mass is 32.2. The van der Waals surface area contributed by atoms with Crippen LogP contribution in [0.4, 0.5) is 0 Å². The first-order chi connectivity index (χ1) is 17.8. The normalized spacial score (nSPS) is 24.6. The lowest BCUT2D eigenvalue weighted by atomic mass is 9.74. The molecule has 0 aliphatic heterocycles. The van der Waals surface area contributed by atoms with E-state index >= 15 is 0 Å². The van der Waals surface area contributed by atoms with Gasteiger partial charge in [0.25, 0.3) is 0 Å². The van der Waals surface area contributed by atoms with E-state index < -0.39 is 17.1 Å². The van der Waals surface area contributed by atoms with Gasteiger partial charge in [0.05, 0.1) is 13.0 Å². The summed E-state index contributed by atoms with van der Waals surface area (Å²) in [5, 5.41) is 0. The molecule has 11 heteroatoms. The second-order valence-corrected chi connectivity index (χ2v) is 12.6. The number of hydrogen-bond donors (Lipinski definition) is 2. The average molecular weight is 574 g/mol. The molecule has 0 amide bonds. The highest BCUT2D eigenvalue weighted by molar-refractivity contribution is 7.99. The zero-order valence-electron chi connectivity index (χ0n) is 22.2. The van der Waals surface area contributed by atoms with Gasteiger partial charge in [-0.3, -0.25) is 4.79 Å². The summed E-state index contributed by atoms with van der Waals surface area (Å²) in [6.45, 7) is 5.92. The number of carbonyl (C=O) groups is 1. The summed E-state index contributed by atoms with van der Waals surface area (Å²) in [5.74, 6) is 5.91. The SMILES string of the molecule is CCC1C(C)C2CC(COC(=O)CCSCCCn3c(=O)n(CCCS)c(=O)n(CCCS)c3=O)C1C2. The Balaban J connectivity index is 1.43. The van der Waals surface area contributed by atoms with Crippen LogP contribution in [0.2, 0.25) is 0 Å². The summed E-state index contributed by atoms with van der Waals surface area (Å²) in [4.78, 5) is 50.6. The largest absolute Gasteiger partial charge is 0.465 e. The van der Waals surface area contributed by atoms with Crippen LogP contribution in [0.1, 0.15) is 58.8 Å². The second kappa shape index (κ2) is 14.9. The van der Waals surface area contributed by atoms with Crippen molar-refractivity contribution in [1.82, 2.24) is 13.7 Å². The molecular formula is C26H43N3O5S3. The minimum atomic E-state index is -0.562. The minimum Gasteiger partial charge on any atom is -0.465 e. The Kier molecular flexibility index (Phi) is 12.3. The van der Waals surface area contributed by atoms with E-state index in [1.165, 1.54) is 19.3 Å². The van der Waals surface area contributed by atoms with Gasteiger partial charge < -0.3 is 4.74 Å². The van der Waals surface area contributed by atoms with E-state index in [2.05, 4.69) is 39.1 Å². The van der Waals surface area contributed by atoms with E-state index in [4.69, 9.17) is 4.74 Å². The fourth-order valence-corrected chi connectivity index (χ4v) is 7.46. The van der Waals surface area contributed by atoms with E-state index in [1.807, 2.05) is 0 Å². The molecule has 2 fully saturated rings. The highest BCUT2D eigenvalue weighted by Crippen LogP contribution is 2.56. The number of thiol groups is 2. The van der Waals surface area contributed by atoms with Crippen molar-refractivity contribution in [3.8, 4) is 0 Å². The van der Waals surface area contributed by atoms with Crippen LogP contribution in [0, 0.1) is 29.6 Å². The Morgan fingerprint density at radius 2 is 1.49 bits per heavy atom. The van der Waals surface area contributed by atoms with Crippen LogP contribution in [0.3, 0.4) is 0 Å². The molecule has 2 aliphatic rings. The molecule has 0 saturated heterocycles. The van der Waals surface area contributed by atoms with Gasteiger partial charge >= 0.3 is 23.0 Å². The van der Waals surface area contributed by atoms with Gasteiger partial charge in [0.1, 0.15) is 0 Å². The van der Waals surface area contributed by atoms with Gasteiger partial charge in [-0.15, -0.1) is 0 Å². The highest BCUT2D eigenvalue weighted by Gasteiger charge is 2.49. The Labute approximate surface area is 234 Å². The number of nitrogens with zero attached hydrogens (tertiary/aromatic N) is 3. The van der Waals surface area contributed by atoms with Crippen molar-refractivity contribution in [2.45, 2.75) is 78.4 Å². The Morgan fingerprint density at radius 1 is 0.919 bits per heavy atom. The van der Waals surface area contributed by atoms with Crippen LogP contribution in [0.15, 0.2) is 14.4 Å². The molecule has 0 spiro atoms. The maximum Gasteiger partial charge on any atom is 0.336 e. The summed E-state index contributed by atoms with van der Waals surface area (Å²) in [5.41, 5.74) is -1.69. The topological polar surface area (TPSA) is 92.3 Å². The Morgan fingerprint density at radius 3 is 2.00 bits per heavy atom. The van der Waals surface area contributed by atoms with Crippen molar-refractivity contribution in [3.05, 3.63) is 31.5 Å². The van der Waals surface area contributed by atoms with Gasteiger partial charge in [0.2, 0.25) is 0 Å². The smallest absolute Gasteiger partial charge is 0.336 e. The van der Waals surface area contributed by atoms with Crippen molar-refractivity contribution >= 4 is 43.0 Å². The first-order valence-electron chi connectivity index (χ1n) is 13.7. The molecule has 1 aromatic heterocycles. The number of aromatic nitrogens is 3. The summed E-state index contributed by atoms with van der Waals surface area (Å²) in [7, 11) is 0. The third-order valence-electron chi connectivity index (χ3n) is 8.27. The number of esters is 1. The molecule has 5 unspecified atom stereocenters. The molecule has 8 nitrogen and oxygen atoms in total. The van der Waals surface area contributed by atoms with Crippen molar-refractivity contribution in [1.29, 1.82) is 0 Å². The Bertz CT molecular complexity index is 1020. The van der Waals surface area contributed by atoms with Crippen LogP contribution in [-0.4, -0.2) is 49.3 Å². The summed E-state index contributed by atoms with van der Waals surface area (Å²) in [6.07, 6.45) is 5.80. The third-order valence-corrected chi connectivity index (χ3v) is 9.97. The zero-order chi connectivity index (χ0) is 26.9. The molecule has 5 atom stereocenters. The monoisotopic (exact) mass is 573 g/mol. The Hall–Kier alpha value is -1.07. The second-order valence-electron chi connectivity index (χ2n) is 10.4. The lowest BCUT2D eigenvalue weighted by Gasteiger charge is -2.33. The van der Waals surface area contributed by atoms with Gasteiger partial charge in [0, 0.05) is 25.4 Å². The van der Waals surface area contributed by atoms with E-state index in [1.54, 1.807) is 11.8 Å². The number of fused-ring (bicyclic) bond motifs is 2. The molecule has 2 saturated carbocycles. The molecule has 37 heavy (non-hydrogen) atoms. The fraction of sp³-hybridized carbons (Fsp3) is 0.846. The first kappa shape index (κ1) is 30.5. The standard InChI is InChI=1S/C26H43N3O5S3/c1-3-21-18(2)19-15-20(22(21)16-19)17-34-23(30)7-14-37-13-6-10-29-25(32)27(8-4-11-35)24(31)28(26(29)33)9-5-12-36/h18-22,35-36H,3-17H2,1-2H3. The maximum atomic E-state index is 12.8. The van der Waals surface area contributed by atoms with Crippen molar-refractivity contribution < 1.29 is 9.53 Å². The zero-order valence-corrected chi connectivity index (χ0v) is 24.8. The van der Waals surface area contributed by atoms with E-state index in [0.717, 1.165) is 31.5 Å². The predicted octanol–water partition coefficient (Wildman–Crippen LogP) is 3.19. The van der Waals surface area contributed by atoms with Gasteiger partial charge in [-0.1, -0.05) is 20.3 Å². The summed E-state index contributed by atoms with van der Waals surface area (Å²) in [6, 6.07) is 0. The van der Waals surface area contributed by atoms with Crippen LogP contribution in [-0.2, 0) is 29.2 Å². The van der Waals surface area contributed by atoms with E-state index in [9.17, 15) is 19.2 Å². The van der Waals surface area contributed by atoms with Crippen molar-refractivity contribution in [2.75, 3.05) is 29.6 Å². The molecule has 3 rings (SSSR count). The number of thioether (sulfide) groups is 1. The van der Waals surface area contributed by atoms with E-state index in [-0.39, 0.29) is 25.6 Å². The van der Waals surface area contributed by atoms with Gasteiger partial charge in [-0.05, 0) is 79.0 Å². The number of ether oxygens (including phenoxy) is 1. The lowest BCUT2D eigenvalue weighted by molar-refractivity contribution is -0.145. The number of carbonyl (C=O) groups excluding carboxylic acids is 1.